The Morgan fingerprint density at radius 2 is 1.85 bits per heavy atom. The van der Waals surface area contributed by atoms with E-state index in [0.29, 0.717) is 17.7 Å². The van der Waals surface area contributed by atoms with Crippen molar-refractivity contribution >= 4 is 5.88 Å². The number of nitrogens with zero attached hydrogens (tertiary/aromatic N) is 1. The molecule has 3 aromatic rings. The summed E-state index contributed by atoms with van der Waals surface area (Å²) in [5.74, 6) is -0.0390. The molecule has 20 heavy (non-hydrogen) atoms. The summed E-state index contributed by atoms with van der Waals surface area (Å²) in [6.45, 7) is 0. The number of nitrogen functional groups attached to an aromatic ring is 1. The van der Waals surface area contributed by atoms with Gasteiger partial charge in [0.15, 0.2) is 0 Å². The van der Waals surface area contributed by atoms with Crippen LogP contribution >= 0.6 is 0 Å². The molecule has 0 amide bonds. The predicted molar refractivity (Wildman–Crippen MR) is 75.6 cm³/mol. The van der Waals surface area contributed by atoms with Crippen LogP contribution in [-0.4, -0.2) is 5.16 Å². The molecule has 0 radical (unpaired) electrons. The zero-order chi connectivity index (χ0) is 13.9. The summed E-state index contributed by atoms with van der Waals surface area (Å²) in [6, 6.07) is 16.1. The van der Waals surface area contributed by atoms with E-state index >= 15 is 0 Å². The Labute approximate surface area is 115 Å². The molecule has 0 saturated heterocycles. The van der Waals surface area contributed by atoms with E-state index in [9.17, 15) is 4.39 Å². The molecular formula is C16H13FN2O. The molecular weight excluding hydrogens is 255 g/mol. The first-order chi connectivity index (χ1) is 9.74. The molecule has 0 spiro atoms. The van der Waals surface area contributed by atoms with Crippen LogP contribution in [-0.2, 0) is 6.42 Å². The van der Waals surface area contributed by atoms with E-state index in [4.69, 9.17) is 10.3 Å². The van der Waals surface area contributed by atoms with Crippen molar-refractivity contribution in [3.8, 4) is 11.3 Å². The summed E-state index contributed by atoms with van der Waals surface area (Å²) < 4.78 is 18.4. The average molecular weight is 268 g/mol. The Kier molecular flexibility index (Phi) is 3.21. The minimum atomic E-state index is -0.310. The second-order valence-electron chi connectivity index (χ2n) is 4.55. The SMILES string of the molecule is Nc1onc(-c2cccc(F)c2)c1Cc1ccccc1. The quantitative estimate of drug-likeness (QED) is 0.788. The van der Waals surface area contributed by atoms with Crippen LogP contribution in [0.1, 0.15) is 11.1 Å². The third-order valence-corrected chi connectivity index (χ3v) is 3.14. The second-order valence-corrected chi connectivity index (χ2v) is 4.55. The van der Waals surface area contributed by atoms with E-state index < -0.39 is 0 Å². The number of anilines is 1. The van der Waals surface area contributed by atoms with Gasteiger partial charge in [-0.3, -0.25) is 0 Å². The van der Waals surface area contributed by atoms with E-state index in [1.54, 1.807) is 12.1 Å². The smallest absolute Gasteiger partial charge is 0.226 e. The van der Waals surface area contributed by atoms with Crippen LogP contribution in [0.4, 0.5) is 10.3 Å². The fourth-order valence-corrected chi connectivity index (χ4v) is 2.16. The van der Waals surface area contributed by atoms with E-state index in [0.717, 1.165) is 11.1 Å². The van der Waals surface area contributed by atoms with E-state index in [-0.39, 0.29) is 11.7 Å². The van der Waals surface area contributed by atoms with Crippen LogP contribution in [0.2, 0.25) is 0 Å². The maximum atomic E-state index is 13.3. The van der Waals surface area contributed by atoms with Crippen LogP contribution in [0.15, 0.2) is 59.1 Å². The standard InChI is InChI=1S/C16H13FN2O/c17-13-8-4-7-12(10-13)15-14(16(18)20-19-15)9-11-5-2-1-3-6-11/h1-8,10H,9,18H2. The van der Waals surface area contributed by atoms with E-state index in [1.165, 1.54) is 12.1 Å². The van der Waals surface area contributed by atoms with Gasteiger partial charge >= 0.3 is 0 Å². The Morgan fingerprint density at radius 3 is 2.60 bits per heavy atom. The lowest BCUT2D eigenvalue weighted by atomic mass is 10.0. The van der Waals surface area contributed by atoms with Gasteiger partial charge in [0.1, 0.15) is 11.5 Å². The largest absolute Gasteiger partial charge is 0.367 e. The zero-order valence-corrected chi connectivity index (χ0v) is 10.7. The summed E-state index contributed by atoms with van der Waals surface area (Å²) in [6.07, 6.45) is 0.599. The maximum absolute atomic E-state index is 13.3. The number of hydrogen-bond acceptors (Lipinski definition) is 3. The van der Waals surface area contributed by atoms with Crippen molar-refractivity contribution in [2.45, 2.75) is 6.42 Å². The van der Waals surface area contributed by atoms with Crippen molar-refractivity contribution in [1.29, 1.82) is 0 Å². The van der Waals surface area contributed by atoms with Gasteiger partial charge in [-0.2, -0.15) is 0 Å². The van der Waals surface area contributed by atoms with Gasteiger partial charge in [0, 0.05) is 17.5 Å². The van der Waals surface area contributed by atoms with Gasteiger partial charge in [-0.1, -0.05) is 47.6 Å². The highest BCUT2D eigenvalue weighted by atomic mass is 19.1. The maximum Gasteiger partial charge on any atom is 0.226 e. The van der Waals surface area contributed by atoms with Crippen molar-refractivity contribution in [3.05, 3.63) is 71.5 Å². The molecule has 2 N–H and O–H groups in total. The minimum absolute atomic E-state index is 0.271. The highest BCUT2D eigenvalue weighted by molar-refractivity contribution is 5.67. The van der Waals surface area contributed by atoms with Crippen molar-refractivity contribution < 1.29 is 8.91 Å². The lowest BCUT2D eigenvalue weighted by Gasteiger charge is -2.03. The van der Waals surface area contributed by atoms with Crippen LogP contribution in [0.5, 0.6) is 0 Å². The van der Waals surface area contributed by atoms with Gasteiger partial charge in [-0.25, -0.2) is 4.39 Å². The lowest BCUT2D eigenvalue weighted by Crippen LogP contribution is -1.94. The number of hydrogen-bond donors (Lipinski definition) is 1. The van der Waals surface area contributed by atoms with Gasteiger partial charge in [0.05, 0.1) is 0 Å². The Balaban J connectivity index is 2.02. The van der Waals surface area contributed by atoms with E-state index in [1.807, 2.05) is 30.3 Å². The lowest BCUT2D eigenvalue weighted by molar-refractivity contribution is 0.438. The Bertz CT molecular complexity index is 722. The molecule has 0 atom stereocenters. The van der Waals surface area contributed by atoms with Crippen molar-refractivity contribution in [2.75, 3.05) is 5.73 Å². The van der Waals surface area contributed by atoms with Crippen molar-refractivity contribution in [2.24, 2.45) is 0 Å². The Morgan fingerprint density at radius 1 is 1.05 bits per heavy atom. The van der Waals surface area contributed by atoms with Crippen LogP contribution in [0, 0.1) is 5.82 Å². The summed E-state index contributed by atoms with van der Waals surface area (Å²) in [5.41, 5.74) is 8.97. The Hall–Kier alpha value is -2.62. The first-order valence-electron chi connectivity index (χ1n) is 6.28. The number of aromatic nitrogens is 1. The van der Waals surface area contributed by atoms with Gasteiger partial charge in [-0.05, 0) is 17.7 Å². The molecule has 0 unspecified atom stereocenters. The zero-order valence-electron chi connectivity index (χ0n) is 10.7. The van der Waals surface area contributed by atoms with Crippen molar-refractivity contribution in [3.63, 3.8) is 0 Å². The molecule has 0 aliphatic carbocycles. The summed E-state index contributed by atoms with van der Waals surface area (Å²) >= 11 is 0. The monoisotopic (exact) mass is 268 g/mol. The molecule has 0 fully saturated rings. The predicted octanol–water partition coefficient (Wildman–Crippen LogP) is 3.65. The molecule has 1 heterocycles. The van der Waals surface area contributed by atoms with Crippen molar-refractivity contribution in [1.82, 2.24) is 5.16 Å². The topological polar surface area (TPSA) is 52.0 Å². The molecule has 0 aliphatic heterocycles. The number of rotatable bonds is 3. The van der Waals surface area contributed by atoms with Gasteiger partial charge in [-0.15, -0.1) is 0 Å². The number of halogens is 1. The first-order valence-corrected chi connectivity index (χ1v) is 6.28. The van der Waals surface area contributed by atoms with E-state index in [2.05, 4.69) is 5.16 Å². The normalized spacial score (nSPS) is 10.7. The number of nitrogens with two attached hydrogens (primary N) is 1. The van der Waals surface area contributed by atoms with Crippen LogP contribution in [0.25, 0.3) is 11.3 Å². The van der Waals surface area contributed by atoms with Gasteiger partial charge in [0.2, 0.25) is 5.88 Å². The highest BCUT2D eigenvalue weighted by Gasteiger charge is 2.16. The summed E-state index contributed by atoms with van der Waals surface area (Å²) in [4.78, 5) is 0. The summed E-state index contributed by atoms with van der Waals surface area (Å²) in [5, 5.41) is 3.96. The highest BCUT2D eigenvalue weighted by Crippen LogP contribution is 2.29. The molecule has 0 aliphatic rings. The fourth-order valence-electron chi connectivity index (χ4n) is 2.16. The number of benzene rings is 2. The first kappa shape index (κ1) is 12.4. The second kappa shape index (κ2) is 5.17. The molecule has 0 bridgehead atoms. The molecule has 4 heteroatoms. The molecule has 100 valence electrons. The fraction of sp³-hybridized carbons (Fsp3) is 0.0625. The third-order valence-electron chi connectivity index (χ3n) is 3.14. The van der Waals surface area contributed by atoms with Gasteiger partial charge in [0.25, 0.3) is 0 Å². The van der Waals surface area contributed by atoms with Gasteiger partial charge < -0.3 is 10.3 Å². The molecule has 0 saturated carbocycles. The summed E-state index contributed by atoms with van der Waals surface area (Å²) in [7, 11) is 0. The molecule has 3 rings (SSSR count). The third kappa shape index (κ3) is 2.40. The molecule has 1 aromatic heterocycles. The molecule has 2 aromatic carbocycles. The average Bonchev–Trinajstić information content (AvgIpc) is 2.82. The minimum Gasteiger partial charge on any atom is -0.367 e. The molecule has 3 nitrogen and oxygen atoms in total. The van der Waals surface area contributed by atoms with Crippen LogP contribution in [0.3, 0.4) is 0 Å². The van der Waals surface area contributed by atoms with Crippen LogP contribution < -0.4 is 5.73 Å².